The number of piperazine rings is 1. The molecule has 0 spiro atoms. The number of nitrogens with zero attached hydrogens (tertiary/aromatic N) is 7. The second kappa shape index (κ2) is 8.89. The van der Waals surface area contributed by atoms with Gasteiger partial charge in [-0.2, -0.15) is 0 Å². The molecule has 4 rings (SSSR count). The second-order valence-electron chi connectivity index (χ2n) is 7.93. The molecule has 1 aromatic carbocycles. The van der Waals surface area contributed by atoms with E-state index in [0.717, 1.165) is 68.5 Å². The number of rotatable bonds is 7. The predicted molar refractivity (Wildman–Crippen MR) is 120 cm³/mol. The minimum atomic E-state index is -3.49. The summed E-state index contributed by atoms with van der Waals surface area (Å²) in [7, 11) is -0.403. The van der Waals surface area contributed by atoms with Gasteiger partial charge in [0.15, 0.2) is 0 Å². The Morgan fingerprint density at radius 2 is 1.77 bits per heavy atom. The minimum absolute atomic E-state index is 0.272. The van der Waals surface area contributed by atoms with Crippen molar-refractivity contribution in [2.45, 2.75) is 31.3 Å². The molecule has 1 aliphatic rings. The Morgan fingerprint density at radius 1 is 1.06 bits per heavy atom. The molecule has 9 nitrogen and oxygen atoms in total. The smallest absolute Gasteiger partial charge is 0.242 e. The van der Waals surface area contributed by atoms with Gasteiger partial charge in [0.1, 0.15) is 5.82 Å². The first-order chi connectivity index (χ1) is 14.9. The number of hydrogen-bond donors (Lipinski definition) is 0. The van der Waals surface area contributed by atoms with Crippen LogP contribution in [0.5, 0.6) is 0 Å². The van der Waals surface area contributed by atoms with Crippen LogP contribution in [0, 0.1) is 0 Å². The third kappa shape index (κ3) is 4.41. The molecule has 3 aromatic rings. The molecule has 0 atom stereocenters. The molecule has 1 saturated heterocycles. The molecule has 1 fully saturated rings. The summed E-state index contributed by atoms with van der Waals surface area (Å²) in [5.41, 5.74) is 1.70. The van der Waals surface area contributed by atoms with Gasteiger partial charge < -0.3 is 9.47 Å². The van der Waals surface area contributed by atoms with Crippen LogP contribution in [0.2, 0.25) is 0 Å². The van der Waals surface area contributed by atoms with Gasteiger partial charge in [-0.1, -0.05) is 6.92 Å². The Hall–Kier alpha value is -2.56. The molecule has 31 heavy (non-hydrogen) atoms. The van der Waals surface area contributed by atoms with Gasteiger partial charge in [-0.25, -0.2) is 27.7 Å². The fourth-order valence-corrected chi connectivity index (χ4v) is 4.81. The minimum Gasteiger partial charge on any atom is -0.338 e. The van der Waals surface area contributed by atoms with Gasteiger partial charge in [0.25, 0.3) is 0 Å². The number of hydrogen-bond acceptors (Lipinski definition) is 7. The zero-order valence-corrected chi connectivity index (χ0v) is 19.1. The van der Waals surface area contributed by atoms with E-state index < -0.39 is 10.0 Å². The van der Waals surface area contributed by atoms with Crippen molar-refractivity contribution in [1.82, 2.24) is 28.7 Å². The van der Waals surface area contributed by atoms with Crippen molar-refractivity contribution in [1.29, 1.82) is 0 Å². The highest BCUT2D eigenvalue weighted by Gasteiger charge is 2.23. The number of benzene rings is 1. The molecule has 0 unspecified atom stereocenters. The Morgan fingerprint density at radius 3 is 2.42 bits per heavy atom. The van der Waals surface area contributed by atoms with E-state index in [-0.39, 0.29) is 4.90 Å². The van der Waals surface area contributed by atoms with E-state index in [9.17, 15) is 8.42 Å². The van der Waals surface area contributed by atoms with Gasteiger partial charge in [0.05, 0.1) is 22.5 Å². The highest BCUT2D eigenvalue weighted by molar-refractivity contribution is 7.89. The molecule has 0 bridgehead atoms. The average molecular weight is 444 g/mol. The summed E-state index contributed by atoms with van der Waals surface area (Å²) >= 11 is 0. The first-order valence-electron chi connectivity index (χ1n) is 10.6. The van der Waals surface area contributed by atoms with Crippen LogP contribution >= 0.6 is 0 Å². The molecule has 2 aromatic heterocycles. The van der Waals surface area contributed by atoms with Crippen LogP contribution < -0.4 is 4.90 Å². The first-order valence-corrected chi connectivity index (χ1v) is 12.0. The molecule has 0 radical (unpaired) electrons. The number of sulfonamides is 1. The van der Waals surface area contributed by atoms with Crippen molar-refractivity contribution < 1.29 is 8.42 Å². The predicted octanol–water partition coefficient (Wildman–Crippen LogP) is 1.81. The number of imidazole rings is 1. The molecule has 1 aliphatic heterocycles. The summed E-state index contributed by atoms with van der Waals surface area (Å²) in [4.78, 5) is 18.4. The summed E-state index contributed by atoms with van der Waals surface area (Å²) < 4.78 is 28.5. The lowest BCUT2D eigenvalue weighted by Crippen LogP contribution is -2.46. The largest absolute Gasteiger partial charge is 0.338 e. The van der Waals surface area contributed by atoms with Gasteiger partial charge in [-0.3, -0.25) is 4.90 Å². The van der Waals surface area contributed by atoms with E-state index in [0.29, 0.717) is 0 Å². The standard InChI is InChI=1S/C21H29N7O2S/c1-4-10-28-19-7-6-17(31(29,30)25(2)3)15-18(19)24-20(28)16-26-11-13-27(14-12-26)21-22-8-5-9-23-21/h5-9,15H,4,10-14,16H2,1-3H3. The number of aromatic nitrogens is 4. The van der Waals surface area contributed by atoms with Crippen molar-refractivity contribution in [3.8, 4) is 0 Å². The van der Waals surface area contributed by atoms with Crippen molar-refractivity contribution in [3.63, 3.8) is 0 Å². The lowest BCUT2D eigenvalue weighted by Gasteiger charge is -2.34. The highest BCUT2D eigenvalue weighted by Crippen LogP contribution is 2.23. The highest BCUT2D eigenvalue weighted by atomic mass is 32.2. The van der Waals surface area contributed by atoms with Crippen LogP contribution in [-0.4, -0.2) is 77.4 Å². The van der Waals surface area contributed by atoms with Crippen LogP contribution in [0.1, 0.15) is 19.2 Å². The molecule has 3 heterocycles. The van der Waals surface area contributed by atoms with Gasteiger partial charge in [0.2, 0.25) is 16.0 Å². The van der Waals surface area contributed by atoms with Crippen LogP contribution in [0.25, 0.3) is 11.0 Å². The van der Waals surface area contributed by atoms with Gasteiger partial charge >= 0.3 is 0 Å². The molecule has 166 valence electrons. The van der Waals surface area contributed by atoms with Crippen LogP contribution in [0.15, 0.2) is 41.6 Å². The van der Waals surface area contributed by atoms with E-state index in [2.05, 4.69) is 31.3 Å². The fraction of sp³-hybridized carbons (Fsp3) is 0.476. The Kier molecular flexibility index (Phi) is 6.22. The maximum absolute atomic E-state index is 12.5. The first kappa shape index (κ1) is 21.7. The molecular formula is C21H29N7O2S. The van der Waals surface area contributed by atoms with Gasteiger partial charge in [-0.15, -0.1) is 0 Å². The van der Waals surface area contributed by atoms with Crippen LogP contribution in [0.3, 0.4) is 0 Å². The summed E-state index contributed by atoms with van der Waals surface area (Å²) in [6, 6.07) is 7.06. The quantitative estimate of drug-likeness (QED) is 0.550. The molecule has 0 amide bonds. The molecule has 0 aliphatic carbocycles. The number of fused-ring (bicyclic) bond motifs is 1. The lowest BCUT2D eigenvalue weighted by molar-refractivity contribution is 0.240. The van der Waals surface area contributed by atoms with Crippen molar-refractivity contribution in [2.75, 3.05) is 45.2 Å². The Labute approximate surface area is 183 Å². The van der Waals surface area contributed by atoms with Crippen molar-refractivity contribution >= 4 is 27.0 Å². The molecule has 0 N–H and O–H groups in total. The summed E-state index contributed by atoms with van der Waals surface area (Å²) in [5, 5.41) is 0. The zero-order chi connectivity index (χ0) is 22.0. The normalized spacial score (nSPS) is 15.8. The Bertz CT molecular complexity index is 1140. The molecule has 0 saturated carbocycles. The number of anilines is 1. The van der Waals surface area contributed by atoms with E-state index in [1.54, 1.807) is 38.6 Å². The fourth-order valence-electron chi connectivity index (χ4n) is 3.89. The summed E-state index contributed by atoms with van der Waals surface area (Å²) in [5.74, 6) is 1.75. The van der Waals surface area contributed by atoms with Gasteiger partial charge in [0, 0.05) is 59.2 Å². The summed E-state index contributed by atoms with van der Waals surface area (Å²) in [6.45, 7) is 7.24. The monoisotopic (exact) mass is 443 g/mol. The third-order valence-electron chi connectivity index (χ3n) is 5.60. The van der Waals surface area contributed by atoms with E-state index in [1.165, 1.54) is 4.31 Å². The van der Waals surface area contributed by atoms with Crippen LogP contribution in [-0.2, 0) is 23.1 Å². The van der Waals surface area contributed by atoms with Gasteiger partial charge in [-0.05, 0) is 30.7 Å². The van der Waals surface area contributed by atoms with Crippen molar-refractivity contribution in [2.24, 2.45) is 0 Å². The average Bonchev–Trinajstić information content (AvgIpc) is 3.11. The maximum atomic E-state index is 12.5. The second-order valence-corrected chi connectivity index (χ2v) is 10.1. The topological polar surface area (TPSA) is 87.5 Å². The lowest BCUT2D eigenvalue weighted by atomic mass is 10.3. The van der Waals surface area contributed by atoms with E-state index >= 15 is 0 Å². The Balaban J connectivity index is 1.55. The SMILES string of the molecule is CCCn1c(CN2CCN(c3ncccn3)CC2)nc2cc(S(=O)(=O)N(C)C)ccc21. The summed E-state index contributed by atoms with van der Waals surface area (Å²) in [6.07, 6.45) is 4.52. The maximum Gasteiger partial charge on any atom is 0.242 e. The molecular weight excluding hydrogens is 414 g/mol. The van der Waals surface area contributed by atoms with Crippen LogP contribution in [0.4, 0.5) is 5.95 Å². The van der Waals surface area contributed by atoms with E-state index in [1.807, 2.05) is 12.1 Å². The van der Waals surface area contributed by atoms with E-state index in [4.69, 9.17) is 4.98 Å². The number of aryl methyl sites for hydroxylation is 1. The van der Waals surface area contributed by atoms with Crippen molar-refractivity contribution in [3.05, 3.63) is 42.5 Å². The molecule has 10 heteroatoms. The third-order valence-corrected chi connectivity index (χ3v) is 7.41. The zero-order valence-electron chi connectivity index (χ0n) is 18.3.